The number of pyridine rings is 1. The van der Waals surface area contributed by atoms with Gasteiger partial charge in [0.25, 0.3) is 5.91 Å². The molecule has 0 aliphatic rings. The second-order valence-electron chi connectivity index (χ2n) is 6.45. The molecule has 0 saturated heterocycles. The Labute approximate surface area is 164 Å². The van der Waals surface area contributed by atoms with E-state index in [2.05, 4.69) is 20.3 Å². The van der Waals surface area contributed by atoms with E-state index in [4.69, 9.17) is 4.74 Å². The van der Waals surface area contributed by atoms with Crippen molar-refractivity contribution in [3.05, 3.63) is 71.9 Å². The standard InChI is InChI=1S/C21H23N5O2/c1-15-4-5-19(28-3)17(12-15)25-20-13-18(23-14-24-20)21(27)26(2)11-8-16-6-9-22-10-7-16/h4-7,9-10,12-14H,8,11H2,1-3H3,(H,23,24,25). The Balaban J connectivity index is 1.70. The number of aromatic nitrogens is 3. The molecule has 1 N–H and O–H groups in total. The van der Waals surface area contributed by atoms with Gasteiger partial charge in [-0.15, -0.1) is 0 Å². The monoisotopic (exact) mass is 377 g/mol. The van der Waals surface area contributed by atoms with E-state index in [1.54, 1.807) is 37.5 Å². The molecule has 0 fully saturated rings. The SMILES string of the molecule is COc1ccc(C)cc1Nc1cc(C(=O)N(C)CCc2ccncc2)ncn1. The van der Waals surface area contributed by atoms with Crippen molar-refractivity contribution in [1.29, 1.82) is 0 Å². The van der Waals surface area contributed by atoms with Crippen molar-refractivity contribution in [1.82, 2.24) is 19.9 Å². The van der Waals surface area contributed by atoms with Crippen LogP contribution in [0.1, 0.15) is 21.6 Å². The second kappa shape index (κ2) is 8.94. The summed E-state index contributed by atoms with van der Waals surface area (Å²) in [5.41, 5.74) is 3.34. The van der Waals surface area contributed by atoms with E-state index < -0.39 is 0 Å². The molecule has 0 aliphatic carbocycles. The van der Waals surface area contributed by atoms with Crippen LogP contribution in [0.4, 0.5) is 11.5 Å². The highest BCUT2D eigenvalue weighted by molar-refractivity contribution is 5.92. The lowest BCUT2D eigenvalue weighted by Gasteiger charge is -2.17. The quantitative estimate of drug-likeness (QED) is 0.681. The van der Waals surface area contributed by atoms with Gasteiger partial charge in [0.1, 0.15) is 23.6 Å². The summed E-state index contributed by atoms with van der Waals surface area (Å²) in [6.07, 6.45) is 5.63. The van der Waals surface area contributed by atoms with Gasteiger partial charge in [0, 0.05) is 32.1 Å². The van der Waals surface area contributed by atoms with E-state index in [0.717, 1.165) is 23.2 Å². The first-order valence-corrected chi connectivity index (χ1v) is 8.95. The largest absolute Gasteiger partial charge is 0.495 e. The van der Waals surface area contributed by atoms with Crippen LogP contribution in [0.3, 0.4) is 0 Å². The number of aryl methyl sites for hydroxylation is 1. The Morgan fingerprint density at radius 1 is 1.14 bits per heavy atom. The molecule has 7 heteroatoms. The van der Waals surface area contributed by atoms with Crippen LogP contribution in [0, 0.1) is 6.92 Å². The van der Waals surface area contributed by atoms with Crippen LogP contribution in [0.2, 0.25) is 0 Å². The Kier molecular flexibility index (Phi) is 6.16. The van der Waals surface area contributed by atoms with E-state index >= 15 is 0 Å². The zero-order valence-electron chi connectivity index (χ0n) is 16.2. The predicted molar refractivity (Wildman–Crippen MR) is 108 cm³/mol. The van der Waals surface area contributed by atoms with Crippen LogP contribution in [-0.4, -0.2) is 46.5 Å². The number of anilines is 2. The van der Waals surface area contributed by atoms with Crippen LogP contribution >= 0.6 is 0 Å². The summed E-state index contributed by atoms with van der Waals surface area (Å²) in [6.45, 7) is 2.58. The number of benzene rings is 1. The average molecular weight is 377 g/mol. The molecule has 0 unspecified atom stereocenters. The third-order valence-corrected chi connectivity index (χ3v) is 4.34. The van der Waals surface area contributed by atoms with Crippen LogP contribution < -0.4 is 10.1 Å². The molecule has 144 valence electrons. The minimum atomic E-state index is -0.157. The Morgan fingerprint density at radius 3 is 2.68 bits per heavy atom. The average Bonchev–Trinajstić information content (AvgIpc) is 2.72. The van der Waals surface area contributed by atoms with Gasteiger partial charge in [-0.25, -0.2) is 9.97 Å². The Bertz CT molecular complexity index is 947. The summed E-state index contributed by atoms with van der Waals surface area (Å²) in [6, 6.07) is 11.4. The Morgan fingerprint density at radius 2 is 1.93 bits per heavy atom. The molecule has 28 heavy (non-hydrogen) atoms. The summed E-state index contributed by atoms with van der Waals surface area (Å²) in [7, 11) is 3.38. The molecule has 3 rings (SSSR count). The molecule has 2 aromatic heterocycles. The van der Waals surface area contributed by atoms with E-state index in [1.807, 2.05) is 37.3 Å². The molecule has 0 saturated carbocycles. The van der Waals surface area contributed by atoms with Crippen molar-refractivity contribution >= 4 is 17.4 Å². The first kappa shape index (κ1) is 19.3. The van der Waals surface area contributed by atoms with Crippen LogP contribution in [0.25, 0.3) is 0 Å². The molecule has 0 radical (unpaired) electrons. The summed E-state index contributed by atoms with van der Waals surface area (Å²) in [5, 5.41) is 3.20. The minimum absolute atomic E-state index is 0.157. The molecule has 2 heterocycles. The van der Waals surface area contributed by atoms with Crippen molar-refractivity contribution in [2.75, 3.05) is 26.0 Å². The summed E-state index contributed by atoms with van der Waals surface area (Å²) in [5.74, 6) is 1.08. The molecule has 0 aliphatic heterocycles. The zero-order chi connectivity index (χ0) is 19.9. The molecule has 7 nitrogen and oxygen atoms in total. The van der Waals surface area contributed by atoms with E-state index in [9.17, 15) is 4.79 Å². The van der Waals surface area contributed by atoms with Gasteiger partial charge in [-0.2, -0.15) is 0 Å². The van der Waals surface area contributed by atoms with Gasteiger partial charge < -0.3 is 15.0 Å². The number of rotatable bonds is 7. The van der Waals surface area contributed by atoms with Gasteiger partial charge in [-0.1, -0.05) is 6.07 Å². The third kappa shape index (κ3) is 4.82. The molecule has 1 aromatic carbocycles. The number of likely N-dealkylation sites (N-methyl/N-ethyl adjacent to an activating group) is 1. The number of nitrogens with one attached hydrogen (secondary N) is 1. The predicted octanol–water partition coefficient (Wildman–Crippen LogP) is 3.25. The number of methoxy groups -OCH3 is 1. The minimum Gasteiger partial charge on any atom is -0.495 e. The van der Waals surface area contributed by atoms with Crippen LogP contribution in [0.15, 0.2) is 55.1 Å². The number of ether oxygens (including phenoxy) is 1. The number of hydrogen-bond acceptors (Lipinski definition) is 6. The number of amides is 1. The van der Waals surface area contributed by atoms with Crippen molar-refractivity contribution in [3.63, 3.8) is 0 Å². The third-order valence-electron chi connectivity index (χ3n) is 4.34. The summed E-state index contributed by atoms with van der Waals surface area (Å²) >= 11 is 0. The zero-order valence-corrected chi connectivity index (χ0v) is 16.2. The highest BCUT2D eigenvalue weighted by atomic mass is 16.5. The molecular formula is C21H23N5O2. The maximum atomic E-state index is 12.7. The van der Waals surface area contributed by atoms with Gasteiger partial charge >= 0.3 is 0 Å². The molecule has 1 amide bonds. The topological polar surface area (TPSA) is 80.2 Å². The lowest BCUT2D eigenvalue weighted by molar-refractivity contribution is 0.0790. The first-order chi connectivity index (χ1) is 13.6. The lowest BCUT2D eigenvalue weighted by atomic mass is 10.2. The Hall–Kier alpha value is -3.48. The number of carbonyl (C=O) groups excluding carboxylic acids is 1. The fraction of sp³-hybridized carbons (Fsp3) is 0.238. The van der Waals surface area contributed by atoms with Gasteiger partial charge in [0.2, 0.25) is 0 Å². The maximum Gasteiger partial charge on any atom is 0.272 e. The van der Waals surface area contributed by atoms with Crippen molar-refractivity contribution < 1.29 is 9.53 Å². The van der Waals surface area contributed by atoms with E-state index in [1.165, 1.54) is 6.33 Å². The molecule has 0 atom stereocenters. The number of carbonyl (C=O) groups is 1. The maximum absolute atomic E-state index is 12.7. The van der Waals surface area contributed by atoms with E-state index in [-0.39, 0.29) is 5.91 Å². The van der Waals surface area contributed by atoms with Crippen molar-refractivity contribution in [2.24, 2.45) is 0 Å². The lowest BCUT2D eigenvalue weighted by Crippen LogP contribution is -2.29. The number of nitrogens with zero attached hydrogens (tertiary/aromatic N) is 4. The van der Waals surface area contributed by atoms with E-state index in [0.29, 0.717) is 23.8 Å². The highest BCUT2D eigenvalue weighted by Gasteiger charge is 2.15. The fourth-order valence-electron chi connectivity index (χ4n) is 2.74. The van der Waals surface area contributed by atoms with Gasteiger partial charge in [0.15, 0.2) is 0 Å². The van der Waals surface area contributed by atoms with Gasteiger partial charge in [-0.05, 0) is 48.7 Å². The molecule has 3 aromatic rings. The summed E-state index contributed by atoms with van der Waals surface area (Å²) < 4.78 is 5.38. The summed E-state index contributed by atoms with van der Waals surface area (Å²) in [4.78, 5) is 26.7. The molecule has 0 bridgehead atoms. The van der Waals surface area contributed by atoms with Gasteiger partial charge in [-0.3, -0.25) is 9.78 Å². The number of hydrogen-bond donors (Lipinski definition) is 1. The van der Waals surface area contributed by atoms with Crippen molar-refractivity contribution in [3.8, 4) is 5.75 Å². The van der Waals surface area contributed by atoms with Gasteiger partial charge in [0.05, 0.1) is 12.8 Å². The normalized spacial score (nSPS) is 10.4. The van der Waals surface area contributed by atoms with Crippen LogP contribution in [0.5, 0.6) is 5.75 Å². The van der Waals surface area contributed by atoms with Crippen molar-refractivity contribution in [2.45, 2.75) is 13.3 Å². The molecular weight excluding hydrogens is 354 g/mol. The second-order valence-corrected chi connectivity index (χ2v) is 6.45. The first-order valence-electron chi connectivity index (χ1n) is 8.95. The van der Waals surface area contributed by atoms with Crippen LogP contribution in [-0.2, 0) is 6.42 Å². The molecule has 0 spiro atoms. The highest BCUT2D eigenvalue weighted by Crippen LogP contribution is 2.27. The smallest absolute Gasteiger partial charge is 0.272 e. The fourth-order valence-corrected chi connectivity index (χ4v) is 2.74.